The zero-order valence-corrected chi connectivity index (χ0v) is 20.7. The fourth-order valence-corrected chi connectivity index (χ4v) is 6.27. The summed E-state index contributed by atoms with van der Waals surface area (Å²) in [6.07, 6.45) is 8.58. The van der Waals surface area contributed by atoms with Crippen LogP contribution in [0.15, 0.2) is 29.2 Å². The van der Waals surface area contributed by atoms with Gasteiger partial charge in [-0.3, -0.25) is 4.79 Å². The van der Waals surface area contributed by atoms with Crippen LogP contribution in [0.25, 0.3) is 10.9 Å². The molecular formula is C26H27ClN6O3. The van der Waals surface area contributed by atoms with Gasteiger partial charge in [0.05, 0.1) is 23.4 Å². The Bertz CT molecular complexity index is 1450. The van der Waals surface area contributed by atoms with E-state index < -0.39 is 5.97 Å². The van der Waals surface area contributed by atoms with Crippen molar-refractivity contribution in [1.29, 1.82) is 0 Å². The highest BCUT2D eigenvalue weighted by Crippen LogP contribution is 2.41. The number of carbonyl (C=O) groups excluding carboxylic acids is 1. The molecule has 1 saturated carbocycles. The fourth-order valence-electron chi connectivity index (χ4n) is 6.13. The first-order valence-corrected chi connectivity index (χ1v) is 13.0. The first-order valence-electron chi connectivity index (χ1n) is 12.7. The fraction of sp³-hybridized carbons (Fsp3) is 0.462. The number of benzene rings is 1. The Morgan fingerprint density at radius 2 is 1.86 bits per heavy atom. The summed E-state index contributed by atoms with van der Waals surface area (Å²) in [5.74, 6) is 1.11. The number of esters is 1. The number of ether oxygens (including phenoxy) is 1. The Morgan fingerprint density at radius 3 is 2.58 bits per heavy atom. The molecule has 1 aliphatic carbocycles. The van der Waals surface area contributed by atoms with Crippen molar-refractivity contribution in [3.8, 4) is 0 Å². The molecule has 36 heavy (non-hydrogen) atoms. The maximum absolute atomic E-state index is 13.1. The van der Waals surface area contributed by atoms with Gasteiger partial charge in [-0.05, 0) is 62.6 Å². The molecule has 2 aromatic heterocycles. The van der Waals surface area contributed by atoms with Crippen molar-refractivity contribution in [2.24, 2.45) is 13.0 Å². The number of rotatable bonds is 4. The van der Waals surface area contributed by atoms with Gasteiger partial charge in [0, 0.05) is 30.2 Å². The zero-order valence-electron chi connectivity index (χ0n) is 20.0. The molecule has 7 rings (SSSR count). The Kier molecular flexibility index (Phi) is 4.93. The van der Waals surface area contributed by atoms with Gasteiger partial charge < -0.3 is 24.8 Å². The number of nitrogens with zero attached hydrogens (tertiary/aromatic N) is 4. The number of aromatic nitrogens is 3. The van der Waals surface area contributed by atoms with Crippen molar-refractivity contribution >= 4 is 51.6 Å². The van der Waals surface area contributed by atoms with Crippen LogP contribution in [0.3, 0.4) is 0 Å². The molecule has 2 saturated heterocycles. The molecule has 1 atom stereocenters. The standard InChI is InChI=1S/C26H27ClN6O3/c1-32-20-9-4-14(29-23-18(27)11-28-26(31-23)33-15-5-6-16(33)8-7-15)10-17(20)22-21(24(32)34)25(35)36-12-19(30-22)13-2-3-13/h4,9-11,13,15-16,19,30H,2-3,5-8,12H2,1H3,(H,28,29,31)/t15?,16?,19-/m1/s1. The second-order valence-electron chi connectivity index (χ2n) is 10.4. The lowest BCUT2D eigenvalue weighted by atomic mass is 10.0. The van der Waals surface area contributed by atoms with Crippen molar-refractivity contribution in [2.45, 2.75) is 56.7 Å². The summed E-state index contributed by atoms with van der Waals surface area (Å²) in [4.78, 5) is 37.6. The maximum Gasteiger partial charge on any atom is 0.346 e. The van der Waals surface area contributed by atoms with E-state index in [1.165, 1.54) is 30.3 Å². The van der Waals surface area contributed by atoms with Crippen molar-refractivity contribution in [2.75, 3.05) is 22.1 Å². The summed E-state index contributed by atoms with van der Waals surface area (Å²) in [7, 11) is 1.67. The Morgan fingerprint density at radius 1 is 1.11 bits per heavy atom. The van der Waals surface area contributed by atoms with Crippen LogP contribution in [0, 0.1) is 5.92 Å². The highest BCUT2D eigenvalue weighted by molar-refractivity contribution is 6.33. The summed E-state index contributed by atoms with van der Waals surface area (Å²) in [6, 6.07) is 6.70. The maximum atomic E-state index is 13.1. The zero-order chi connectivity index (χ0) is 24.6. The average Bonchev–Trinajstić information content (AvgIpc) is 3.59. The number of nitrogens with one attached hydrogen (secondary N) is 2. The molecular weight excluding hydrogens is 480 g/mol. The minimum absolute atomic E-state index is 0.00294. The van der Waals surface area contributed by atoms with Crippen molar-refractivity contribution < 1.29 is 9.53 Å². The molecule has 5 heterocycles. The second-order valence-corrected chi connectivity index (χ2v) is 10.8. The van der Waals surface area contributed by atoms with Crippen LogP contribution < -0.4 is 21.1 Å². The molecule has 2 bridgehead atoms. The molecule has 3 fully saturated rings. The summed E-state index contributed by atoms with van der Waals surface area (Å²) < 4.78 is 6.98. The third-order valence-corrected chi connectivity index (χ3v) is 8.47. The highest BCUT2D eigenvalue weighted by atomic mass is 35.5. The third kappa shape index (κ3) is 3.43. The predicted molar refractivity (Wildman–Crippen MR) is 138 cm³/mol. The molecule has 4 aliphatic rings. The van der Waals surface area contributed by atoms with Gasteiger partial charge in [0.15, 0.2) is 5.82 Å². The number of halogens is 1. The molecule has 0 amide bonds. The van der Waals surface area contributed by atoms with Crippen molar-refractivity contribution in [1.82, 2.24) is 14.5 Å². The van der Waals surface area contributed by atoms with Gasteiger partial charge in [-0.1, -0.05) is 11.6 Å². The van der Waals surface area contributed by atoms with Crippen LogP contribution >= 0.6 is 11.6 Å². The lowest BCUT2D eigenvalue weighted by Crippen LogP contribution is -2.30. The molecule has 10 heteroatoms. The third-order valence-electron chi connectivity index (χ3n) is 8.19. The topological polar surface area (TPSA) is 101 Å². The van der Waals surface area contributed by atoms with Crippen LogP contribution in [-0.4, -0.2) is 45.2 Å². The number of aryl methyl sites for hydroxylation is 1. The monoisotopic (exact) mass is 506 g/mol. The number of carbonyl (C=O) groups is 1. The Hall–Kier alpha value is -3.33. The Balaban J connectivity index is 1.30. The van der Waals surface area contributed by atoms with E-state index in [9.17, 15) is 9.59 Å². The van der Waals surface area contributed by atoms with E-state index in [0.717, 1.165) is 29.4 Å². The van der Waals surface area contributed by atoms with Gasteiger partial charge >= 0.3 is 5.97 Å². The van der Waals surface area contributed by atoms with Crippen LogP contribution in [0.1, 0.15) is 48.9 Å². The van der Waals surface area contributed by atoms with Gasteiger partial charge in [0.2, 0.25) is 5.95 Å². The molecule has 2 N–H and O–H groups in total. The van der Waals surface area contributed by atoms with Crippen LogP contribution in [0.4, 0.5) is 23.1 Å². The lowest BCUT2D eigenvalue weighted by Gasteiger charge is -2.22. The van der Waals surface area contributed by atoms with Crippen LogP contribution in [0.2, 0.25) is 5.02 Å². The number of hydrogen-bond acceptors (Lipinski definition) is 8. The van der Waals surface area contributed by atoms with Crippen molar-refractivity contribution in [3.63, 3.8) is 0 Å². The molecule has 186 valence electrons. The predicted octanol–water partition coefficient (Wildman–Crippen LogP) is 4.22. The SMILES string of the molecule is Cn1c(=O)c2c(c3cc(Nc4nc(N5C6CCC5CC6)ncc4Cl)ccc31)N[C@@H](C1CC1)COC2=O. The molecule has 0 unspecified atom stereocenters. The summed E-state index contributed by atoms with van der Waals surface area (Å²) in [5.41, 5.74) is 1.71. The average molecular weight is 507 g/mol. The van der Waals surface area contributed by atoms with E-state index in [1.54, 1.807) is 13.2 Å². The molecule has 0 radical (unpaired) electrons. The normalized spacial score (nSPS) is 24.9. The van der Waals surface area contributed by atoms with E-state index in [0.29, 0.717) is 40.5 Å². The van der Waals surface area contributed by atoms with E-state index in [4.69, 9.17) is 21.3 Å². The summed E-state index contributed by atoms with van der Waals surface area (Å²) in [6.45, 7) is 0.262. The summed E-state index contributed by atoms with van der Waals surface area (Å²) >= 11 is 6.50. The smallest absolute Gasteiger partial charge is 0.346 e. The molecule has 3 aromatic rings. The van der Waals surface area contributed by atoms with E-state index in [-0.39, 0.29) is 23.8 Å². The van der Waals surface area contributed by atoms with Gasteiger partial charge in [0.25, 0.3) is 5.56 Å². The number of pyridine rings is 1. The van der Waals surface area contributed by atoms with E-state index >= 15 is 0 Å². The van der Waals surface area contributed by atoms with Gasteiger partial charge in [-0.15, -0.1) is 0 Å². The lowest BCUT2D eigenvalue weighted by molar-refractivity contribution is 0.0491. The first-order chi connectivity index (χ1) is 17.5. The van der Waals surface area contributed by atoms with E-state index in [1.807, 2.05) is 18.2 Å². The Labute approximate surface area is 212 Å². The number of cyclic esters (lactones) is 1. The largest absolute Gasteiger partial charge is 0.460 e. The minimum Gasteiger partial charge on any atom is -0.460 e. The molecule has 0 spiro atoms. The van der Waals surface area contributed by atoms with Crippen molar-refractivity contribution in [3.05, 3.63) is 45.3 Å². The number of fused-ring (bicyclic) bond motifs is 5. The first kappa shape index (κ1) is 21.9. The number of anilines is 4. The molecule has 1 aromatic carbocycles. The summed E-state index contributed by atoms with van der Waals surface area (Å²) in [5, 5.41) is 8.03. The highest BCUT2D eigenvalue weighted by Gasteiger charge is 2.41. The van der Waals surface area contributed by atoms with Gasteiger partial charge in [-0.2, -0.15) is 4.98 Å². The van der Waals surface area contributed by atoms with Crippen LogP contribution in [-0.2, 0) is 11.8 Å². The van der Waals surface area contributed by atoms with Crippen LogP contribution in [0.5, 0.6) is 0 Å². The second kappa shape index (κ2) is 8.09. The van der Waals surface area contributed by atoms with E-state index in [2.05, 4.69) is 20.5 Å². The quantitative estimate of drug-likeness (QED) is 0.507. The molecule has 3 aliphatic heterocycles. The van der Waals surface area contributed by atoms with Gasteiger partial charge in [0.1, 0.15) is 17.2 Å². The number of hydrogen-bond donors (Lipinski definition) is 2. The van der Waals surface area contributed by atoms with Gasteiger partial charge in [-0.25, -0.2) is 9.78 Å². The minimum atomic E-state index is -0.578. The molecule has 9 nitrogen and oxygen atoms in total.